The maximum absolute atomic E-state index is 13.6. The Kier molecular flexibility index (Phi) is 12.7. The fourth-order valence-electron chi connectivity index (χ4n) is 5.98. The molecule has 1 aliphatic heterocycles. The maximum Gasteiger partial charge on any atom is 0.336 e. The van der Waals surface area contributed by atoms with Gasteiger partial charge in [-0.05, 0) is 49.1 Å². The van der Waals surface area contributed by atoms with Gasteiger partial charge >= 0.3 is 5.97 Å². The molecule has 0 radical (unpaired) electrons. The number of piperidine rings is 1. The lowest BCUT2D eigenvalue weighted by atomic mass is 9.83. The Bertz CT molecular complexity index is 1320. The van der Waals surface area contributed by atoms with Crippen LogP contribution in [0.25, 0.3) is 0 Å². The van der Waals surface area contributed by atoms with Gasteiger partial charge in [-0.15, -0.1) is 0 Å². The molecule has 3 atom stereocenters. The Hall–Kier alpha value is -4.49. The van der Waals surface area contributed by atoms with Gasteiger partial charge in [0.15, 0.2) is 0 Å². The summed E-state index contributed by atoms with van der Waals surface area (Å²) >= 11 is 0. The number of aromatic carboxylic acids is 1. The summed E-state index contributed by atoms with van der Waals surface area (Å²) in [5, 5.41) is 19.7. The molecule has 3 rings (SSSR count). The number of benzene rings is 1. The Morgan fingerprint density at radius 3 is 2.09 bits per heavy atom. The molecule has 1 aromatic carbocycles. The number of rotatable bonds is 12. The number of amides is 6. The number of primary amides is 1. The van der Waals surface area contributed by atoms with Crippen LogP contribution in [0.3, 0.4) is 0 Å². The maximum atomic E-state index is 13.6. The van der Waals surface area contributed by atoms with E-state index < -0.39 is 71.4 Å². The molecule has 2 aliphatic rings. The van der Waals surface area contributed by atoms with Crippen LogP contribution < -0.4 is 27.0 Å². The molecule has 46 heavy (non-hydrogen) atoms. The van der Waals surface area contributed by atoms with E-state index in [9.17, 15) is 38.7 Å². The number of carboxylic acid groups (broad SMARTS) is 1. The molecule has 0 bridgehead atoms. The second kappa shape index (κ2) is 16.2. The SMILES string of the molecule is CC(C)(C)[C@H](NC(=O)CNC(=O)c1ccccc1C(=O)O)C(=O)N1CCCC(C(=O)NCC(=O)NC(C(N)=O)C2CCCCC2)C1. The van der Waals surface area contributed by atoms with Crippen LogP contribution >= 0.6 is 0 Å². The smallest absolute Gasteiger partial charge is 0.336 e. The van der Waals surface area contributed by atoms with E-state index in [1.165, 1.54) is 29.2 Å². The standard InChI is InChI=1S/C32H46N6O8/c1-32(2,3)26(37-24(40)17-35-29(43)21-13-7-8-14-22(21)31(45)46)30(44)38-15-9-12-20(18-38)28(42)34-16-23(39)36-25(27(33)41)19-10-5-4-6-11-19/h7-8,13-14,19-20,25-26H,4-6,9-12,15-18H2,1-3H3,(H2,33,41)(H,34,42)(H,35,43)(H,36,39)(H,37,40)(H,45,46)/t20?,25?,26-/m1/s1. The number of hydrogen-bond acceptors (Lipinski definition) is 7. The van der Waals surface area contributed by atoms with Gasteiger partial charge in [-0.2, -0.15) is 0 Å². The molecule has 1 aromatic rings. The summed E-state index contributed by atoms with van der Waals surface area (Å²) in [6.45, 7) is 4.96. The Morgan fingerprint density at radius 2 is 1.48 bits per heavy atom. The van der Waals surface area contributed by atoms with Gasteiger partial charge in [0.25, 0.3) is 5.91 Å². The van der Waals surface area contributed by atoms with Crippen LogP contribution in [0.15, 0.2) is 24.3 Å². The molecule has 14 nitrogen and oxygen atoms in total. The number of carboxylic acids is 1. The van der Waals surface area contributed by atoms with Gasteiger partial charge in [0, 0.05) is 13.1 Å². The molecule has 14 heteroatoms. The molecule has 2 unspecified atom stereocenters. The summed E-state index contributed by atoms with van der Waals surface area (Å²) in [6.07, 6.45) is 5.66. The number of carbonyl (C=O) groups is 7. The first-order chi connectivity index (χ1) is 21.7. The van der Waals surface area contributed by atoms with E-state index in [0.29, 0.717) is 19.4 Å². The third-order valence-corrected chi connectivity index (χ3v) is 8.50. The molecule has 0 spiro atoms. The lowest BCUT2D eigenvalue weighted by Gasteiger charge is -2.38. The largest absolute Gasteiger partial charge is 0.478 e. The van der Waals surface area contributed by atoms with Gasteiger partial charge in [-0.1, -0.05) is 52.2 Å². The minimum absolute atomic E-state index is 0.0232. The Balaban J connectivity index is 1.54. The lowest BCUT2D eigenvalue weighted by molar-refractivity contribution is -0.142. The minimum atomic E-state index is -1.28. The monoisotopic (exact) mass is 642 g/mol. The topological polar surface area (TPSA) is 217 Å². The zero-order valence-electron chi connectivity index (χ0n) is 26.7. The predicted molar refractivity (Wildman–Crippen MR) is 167 cm³/mol. The highest BCUT2D eigenvalue weighted by Crippen LogP contribution is 2.27. The molecular formula is C32H46N6O8. The highest BCUT2D eigenvalue weighted by molar-refractivity contribution is 6.05. The highest BCUT2D eigenvalue weighted by Gasteiger charge is 2.38. The Morgan fingerprint density at radius 1 is 0.870 bits per heavy atom. The van der Waals surface area contributed by atoms with Crippen molar-refractivity contribution < 1.29 is 38.7 Å². The van der Waals surface area contributed by atoms with Crippen LogP contribution in [0.4, 0.5) is 0 Å². The fraction of sp³-hybridized carbons (Fsp3) is 0.594. The van der Waals surface area contributed by atoms with Crippen molar-refractivity contribution in [3.05, 3.63) is 35.4 Å². The van der Waals surface area contributed by atoms with Crippen molar-refractivity contribution in [2.75, 3.05) is 26.2 Å². The van der Waals surface area contributed by atoms with Crippen molar-refractivity contribution >= 4 is 41.4 Å². The quantitative estimate of drug-likeness (QED) is 0.189. The third kappa shape index (κ3) is 10.0. The van der Waals surface area contributed by atoms with Crippen LogP contribution in [0.5, 0.6) is 0 Å². The average molecular weight is 643 g/mol. The summed E-state index contributed by atoms with van der Waals surface area (Å²) in [5.41, 5.74) is 4.51. The molecule has 6 amide bonds. The minimum Gasteiger partial charge on any atom is -0.478 e. The zero-order chi connectivity index (χ0) is 34.0. The van der Waals surface area contributed by atoms with Crippen molar-refractivity contribution in [3.63, 3.8) is 0 Å². The number of hydrogen-bond donors (Lipinski definition) is 6. The van der Waals surface area contributed by atoms with Crippen LogP contribution in [-0.2, 0) is 24.0 Å². The molecule has 1 aliphatic carbocycles. The van der Waals surface area contributed by atoms with E-state index in [2.05, 4.69) is 21.3 Å². The van der Waals surface area contributed by atoms with E-state index >= 15 is 0 Å². The molecule has 1 saturated carbocycles. The number of carbonyl (C=O) groups excluding carboxylic acids is 6. The number of nitrogens with one attached hydrogen (secondary N) is 4. The summed E-state index contributed by atoms with van der Waals surface area (Å²) < 4.78 is 0. The molecular weight excluding hydrogens is 596 g/mol. The number of nitrogens with zero attached hydrogens (tertiary/aromatic N) is 1. The molecule has 1 saturated heterocycles. The molecule has 2 fully saturated rings. The van der Waals surface area contributed by atoms with E-state index in [-0.39, 0.29) is 30.1 Å². The van der Waals surface area contributed by atoms with E-state index in [0.717, 1.165) is 32.1 Å². The first-order valence-corrected chi connectivity index (χ1v) is 15.7. The number of nitrogens with two attached hydrogens (primary N) is 1. The fourth-order valence-corrected chi connectivity index (χ4v) is 5.98. The Labute approximate surface area is 268 Å². The van der Waals surface area contributed by atoms with Gasteiger partial charge in [0.2, 0.25) is 29.5 Å². The normalized spacial score (nSPS) is 18.4. The summed E-state index contributed by atoms with van der Waals surface area (Å²) in [5.74, 6) is -5.18. The van der Waals surface area contributed by atoms with Crippen molar-refractivity contribution in [2.45, 2.75) is 77.8 Å². The lowest BCUT2D eigenvalue weighted by Crippen LogP contribution is -2.58. The molecule has 1 heterocycles. The summed E-state index contributed by atoms with van der Waals surface area (Å²) in [4.78, 5) is 89.6. The van der Waals surface area contributed by atoms with E-state index in [4.69, 9.17) is 5.73 Å². The second-order valence-electron chi connectivity index (χ2n) is 13.1. The molecule has 7 N–H and O–H groups in total. The van der Waals surface area contributed by atoms with Gasteiger partial charge in [0.1, 0.15) is 12.1 Å². The van der Waals surface area contributed by atoms with Crippen molar-refractivity contribution in [2.24, 2.45) is 23.0 Å². The van der Waals surface area contributed by atoms with Crippen molar-refractivity contribution in [1.82, 2.24) is 26.2 Å². The first-order valence-electron chi connectivity index (χ1n) is 15.7. The zero-order valence-corrected chi connectivity index (χ0v) is 26.7. The van der Waals surface area contributed by atoms with Crippen LogP contribution in [-0.4, -0.2) is 89.7 Å². The first kappa shape index (κ1) is 36.0. The summed E-state index contributed by atoms with van der Waals surface area (Å²) in [6, 6.07) is 3.84. The van der Waals surface area contributed by atoms with Gasteiger partial charge in [0.05, 0.1) is 30.1 Å². The average Bonchev–Trinajstić information content (AvgIpc) is 3.03. The molecule has 0 aromatic heterocycles. The highest BCUT2D eigenvalue weighted by atomic mass is 16.4. The van der Waals surface area contributed by atoms with E-state index in [1.54, 1.807) is 20.8 Å². The third-order valence-electron chi connectivity index (χ3n) is 8.50. The van der Waals surface area contributed by atoms with Crippen molar-refractivity contribution in [1.29, 1.82) is 0 Å². The van der Waals surface area contributed by atoms with E-state index in [1.807, 2.05) is 0 Å². The van der Waals surface area contributed by atoms with Gasteiger partial charge in [-0.3, -0.25) is 28.8 Å². The van der Waals surface area contributed by atoms with Gasteiger partial charge in [-0.25, -0.2) is 4.79 Å². The predicted octanol–water partition coefficient (Wildman–Crippen LogP) is 0.551. The molecule has 252 valence electrons. The second-order valence-corrected chi connectivity index (χ2v) is 13.1. The van der Waals surface area contributed by atoms with Crippen LogP contribution in [0.2, 0.25) is 0 Å². The summed E-state index contributed by atoms with van der Waals surface area (Å²) in [7, 11) is 0. The van der Waals surface area contributed by atoms with Gasteiger partial charge < -0.3 is 37.0 Å². The van der Waals surface area contributed by atoms with Crippen LogP contribution in [0, 0.1) is 17.3 Å². The van der Waals surface area contributed by atoms with Crippen molar-refractivity contribution in [3.8, 4) is 0 Å². The number of likely N-dealkylation sites (tertiary alicyclic amines) is 1. The van der Waals surface area contributed by atoms with Crippen LogP contribution in [0.1, 0.15) is 86.4 Å².